The van der Waals surface area contributed by atoms with E-state index in [1.54, 1.807) is 14.0 Å². The van der Waals surface area contributed by atoms with Crippen molar-refractivity contribution in [3.63, 3.8) is 0 Å². The van der Waals surface area contributed by atoms with Crippen molar-refractivity contribution in [3.8, 4) is 0 Å². The number of thioether (sulfide) groups is 1. The minimum Gasteiger partial charge on any atom is -0.391 e. The highest BCUT2D eigenvalue weighted by molar-refractivity contribution is 8.14. The molecule has 0 amide bonds. The van der Waals surface area contributed by atoms with Crippen LogP contribution in [-0.2, 0) is 4.74 Å². The van der Waals surface area contributed by atoms with Crippen LogP contribution >= 0.6 is 11.8 Å². The zero-order valence-electron chi connectivity index (χ0n) is 10.4. The van der Waals surface area contributed by atoms with Crippen molar-refractivity contribution in [1.82, 2.24) is 5.32 Å². The summed E-state index contributed by atoms with van der Waals surface area (Å²) in [5, 5.41) is 24.2. The monoisotopic (exact) mass is 260 g/mol. The van der Waals surface area contributed by atoms with E-state index in [0.29, 0.717) is 12.8 Å². The number of hydrogen-bond acceptors (Lipinski definition) is 5. The quantitative estimate of drug-likeness (QED) is 0.666. The second kappa shape index (κ2) is 4.76. The molecule has 0 aromatic heterocycles. The van der Waals surface area contributed by atoms with E-state index < -0.39 is 11.7 Å². The van der Waals surface area contributed by atoms with Gasteiger partial charge in [0, 0.05) is 13.5 Å². The number of aliphatic hydroxyl groups is 2. The average molecular weight is 260 g/mol. The van der Waals surface area contributed by atoms with Crippen LogP contribution in [0.5, 0.6) is 0 Å². The summed E-state index contributed by atoms with van der Waals surface area (Å²) in [4.78, 5) is 4.07. The third-order valence-corrected chi connectivity index (χ3v) is 4.75. The highest BCUT2D eigenvalue weighted by Gasteiger charge is 2.48. The highest BCUT2D eigenvalue weighted by Crippen LogP contribution is 2.37. The van der Waals surface area contributed by atoms with Gasteiger partial charge in [0.15, 0.2) is 5.17 Å². The van der Waals surface area contributed by atoms with Crippen LogP contribution in [0.25, 0.3) is 0 Å². The van der Waals surface area contributed by atoms with E-state index in [1.165, 1.54) is 11.8 Å². The third-order valence-electron chi connectivity index (χ3n) is 3.59. The predicted octanol–water partition coefficient (Wildman–Crippen LogP) is 0.314. The summed E-state index contributed by atoms with van der Waals surface area (Å²) in [7, 11) is 1.71. The zero-order valence-corrected chi connectivity index (χ0v) is 11.2. The molecule has 2 fully saturated rings. The van der Waals surface area contributed by atoms with E-state index in [9.17, 15) is 10.2 Å². The summed E-state index contributed by atoms with van der Waals surface area (Å²) >= 11 is 1.47. The number of amidine groups is 1. The Hall–Kier alpha value is -0.300. The molecule has 0 saturated carbocycles. The molecule has 0 aromatic rings. The Bertz CT molecular complexity index is 322. The first-order chi connectivity index (χ1) is 7.97. The standard InChI is InChI=1S/C11H20N2O3S/c1-4-11(2,15)7-5-6(14)8-9(16-7)17-10(12-3)13-8/h6-9,14-15H,4-5H2,1-3H3,(H,12,13). The molecule has 98 valence electrons. The molecule has 2 rings (SSSR count). The van der Waals surface area contributed by atoms with Gasteiger partial charge in [0.25, 0.3) is 0 Å². The molecule has 17 heavy (non-hydrogen) atoms. The Kier molecular flexibility index (Phi) is 3.68. The van der Waals surface area contributed by atoms with Crippen molar-refractivity contribution in [1.29, 1.82) is 0 Å². The second-order valence-electron chi connectivity index (χ2n) is 4.82. The Morgan fingerprint density at radius 2 is 2.35 bits per heavy atom. The molecular weight excluding hydrogens is 240 g/mol. The van der Waals surface area contributed by atoms with Crippen LogP contribution in [0.15, 0.2) is 4.99 Å². The van der Waals surface area contributed by atoms with Crippen LogP contribution < -0.4 is 5.32 Å². The van der Waals surface area contributed by atoms with E-state index in [1.807, 2.05) is 6.92 Å². The van der Waals surface area contributed by atoms with Crippen molar-refractivity contribution in [3.05, 3.63) is 0 Å². The number of aliphatic hydroxyl groups excluding tert-OH is 1. The highest BCUT2D eigenvalue weighted by atomic mass is 32.2. The van der Waals surface area contributed by atoms with Gasteiger partial charge in [-0.1, -0.05) is 18.7 Å². The first-order valence-corrected chi connectivity index (χ1v) is 6.81. The summed E-state index contributed by atoms with van der Waals surface area (Å²) in [6, 6.07) is -0.123. The molecule has 0 bridgehead atoms. The summed E-state index contributed by atoms with van der Waals surface area (Å²) < 4.78 is 5.88. The fourth-order valence-corrected chi connectivity index (χ4v) is 3.26. The normalized spacial score (nSPS) is 43.0. The van der Waals surface area contributed by atoms with E-state index in [4.69, 9.17) is 4.74 Å². The predicted molar refractivity (Wildman–Crippen MR) is 68.1 cm³/mol. The molecule has 0 radical (unpaired) electrons. The van der Waals surface area contributed by atoms with Gasteiger partial charge >= 0.3 is 0 Å². The van der Waals surface area contributed by atoms with Crippen LogP contribution in [0.3, 0.4) is 0 Å². The van der Waals surface area contributed by atoms with Crippen molar-refractivity contribution in [2.24, 2.45) is 4.99 Å². The van der Waals surface area contributed by atoms with Crippen LogP contribution in [-0.4, -0.2) is 51.7 Å². The van der Waals surface area contributed by atoms with Gasteiger partial charge in [-0.3, -0.25) is 4.99 Å². The number of hydrogen-bond donors (Lipinski definition) is 3. The maximum absolute atomic E-state index is 10.2. The van der Waals surface area contributed by atoms with Crippen LogP contribution in [0, 0.1) is 0 Å². The third kappa shape index (κ3) is 2.45. The van der Waals surface area contributed by atoms with Crippen molar-refractivity contribution in [2.75, 3.05) is 7.05 Å². The summed E-state index contributed by atoms with van der Waals surface area (Å²) in [6.07, 6.45) is 0.221. The summed E-state index contributed by atoms with van der Waals surface area (Å²) in [5.41, 5.74) is -1.06. The number of fused-ring (bicyclic) bond motifs is 1. The number of nitrogens with one attached hydrogen (secondary N) is 1. The minimum atomic E-state index is -0.890. The first kappa shape index (κ1) is 13.1. The SMILES string of the molecule is CCC(C)(O)C1CC(O)C2NC(=NC)SC2O1. The fraction of sp³-hybridized carbons (Fsp3) is 0.909. The molecule has 5 atom stereocenters. The Labute approximate surface area is 106 Å². The molecule has 3 N–H and O–H groups in total. The lowest BCUT2D eigenvalue weighted by Gasteiger charge is -2.41. The number of rotatable bonds is 2. The average Bonchev–Trinajstić information content (AvgIpc) is 2.72. The Morgan fingerprint density at radius 1 is 1.65 bits per heavy atom. The van der Waals surface area contributed by atoms with E-state index >= 15 is 0 Å². The fourth-order valence-electron chi connectivity index (χ4n) is 2.15. The van der Waals surface area contributed by atoms with Gasteiger partial charge in [-0.2, -0.15) is 0 Å². The van der Waals surface area contributed by atoms with E-state index in [2.05, 4.69) is 10.3 Å². The van der Waals surface area contributed by atoms with Crippen molar-refractivity contribution >= 4 is 16.9 Å². The molecule has 5 unspecified atom stereocenters. The van der Waals surface area contributed by atoms with Gasteiger partial charge in [0.05, 0.1) is 23.9 Å². The topological polar surface area (TPSA) is 74.1 Å². The number of ether oxygens (including phenoxy) is 1. The van der Waals surface area contributed by atoms with Crippen LogP contribution in [0.1, 0.15) is 26.7 Å². The van der Waals surface area contributed by atoms with Crippen molar-refractivity contribution in [2.45, 2.75) is 56.0 Å². The molecule has 6 heteroatoms. The lowest BCUT2D eigenvalue weighted by Crippen LogP contribution is -2.55. The van der Waals surface area contributed by atoms with Gasteiger partial charge in [-0.15, -0.1) is 0 Å². The van der Waals surface area contributed by atoms with Crippen LogP contribution in [0.2, 0.25) is 0 Å². The summed E-state index contributed by atoms with van der Waals surface area (Å²) in [5.74, 6) is 0. The largest absolute Gasteiger partial charge is 0.391 e. The van der Waals surface area contributed by atoms with Crippen LogP contribution in [0.4, 0.5) is 0 Å². The zero-order chi connectivity index (χ0) is 12.6. The van der Waals surface area contributed by atoms with E-state index in [-0.39, 0.29) is 17.6 Å². The number of aliphatic imine (C=N–C) groups is 1. The van der Waals surface area contributed by atoms with E-state index in [0.717, 1.165) is 5.17 Å². The molecule has 0 spiro atoms. The van der Waals surface area contributed by atoms with Gasteiger partial charge < -0.3 is 20.3 Å². The number of nitrogens with zero attached hydrogens (tertiary/aromatic N) is 1. The minimum absolute atomic E-state index is 0.123. The lowest BCUT2D eigenvalue weighted by molar-refractivity contribution is -0.158. The maximum atomic E-state index is 10.2. The summed E-state index contributed by atoms with van der Waals surface area (Å²) in [6.45, 7) is 3.67. The smallest absolute Gasteiger partial charge is 0.159 e. The lowest BCUT2D eigenvalue weighted by atomic mass is 9.88. The van der Waals surface area contributed by atoms with Gasteiger partial charge in [0.2, 0.25) is 0 Å². The molecule has 2 heterocycles. The molecule has 2 aliphatic rings. The molecular formula is C11H20N2O3S. The Morgan fingerprint density at radius 3 is 2.94 bits per heavy atom. The van der Waals surface area contributed by atoms with Gasteiger partial charge in [-0.05, 0) is 13.3 Å². The van der Waals surface area contributed by atoms with Gasteiger partial charge in [0.1, 0.15) is 5.44 Å². The molecule has 5 nitrogen and oxygen atoms in total. The Balaban J connectivity index is 2.10. The van der Waals surface area contributed by atoms with Gasteiger partial charge in [-0.25, -0.2) is 0 Å². The van der Waals surface area contributed by atoms with Crippen molar-refractivity contribution < 1.29 is 14.9 Å². The molecule has 2 saturated heterocycles. The molecule has 2 aliphatic heterocycles. The first-order valence-electron chi connectivity index (χ1n) is 5.94. The second-order valence-corrected chi connectivity index (χ2v) is 5.91. The molecule has 0 aromatic carbocycles. The molecule has 0 aliphatic carbocycles. The maximum Gasteiger partial charge on any atom is 0.159 e.